The van der Waals surface area contributed by atoms with Gasteiger partial charge in [-0.05, 0) is 48.4 Å². The van der Waals surface area contributed by atoms with E-state index in [9.17, 15) is 10.1 Å². The first-order valence-corrected chi connectivity index (χ1v) is 9.01. The van der Waals surface area contributed by atoms with E-state index in [0.29, 0.717) is 34.9 Å². The molecule has 6 heteroatoms. The van der Waals surface area contributed by atoms with Crippen molar-refractivity contribution in [3.8, 4) is 28.7 Å². The monoisotopic (exact) mass is 424 g/mol. The minimum Gasteiger partial charge on any atom is -0.493 e. The molecule has 0 bridgehead atoms. The second-order valence-corrected chi connectivity index (χ2v) is 6.88. The van der Waals surface area contributed by atoms with Crippen LogP contribution in [-0.2, 0) is 6.61 Å². The molecule has 0 unspecified atom stereocenters. The predicted octanol–water partition coefficient (Wildman–Crippen LogP) is 4.57. The van der Waals surface area contributed by atoms with Gasteiger partial charge in [-0.25, -0.2) is 0 Å². The summed E-state index contributed by atoms with van der Waals surface area (Å²) in [5.74, 6) is 1.12. The zero-order valence-corrected chi connectivity index (χ0v) is 16.5. The molecule has 0 saturated carbocycles. The number of pyridine rings is 1. The normalized spacial score (nSPS) is 10.3. The van der Waals surface area contributed by atoms with Crippen molar-refractivity contribution in [2.24, 2.45) is 0 Å². The lowest BCUT2D eigenvalue weighted by Gasteiger charge is -2.13. The van der Waals surface area contributed by atoms with E-state index in [2.05, 4.69) is 20.9 Å². The van der Waals surface area contributed by atoms with E-state index in [1.807, 2.05) is 30.3 Å². The minimum absolute atomic E-state index is 0.0737. The zero-order chi connectivity index (χ0) is 19.4. The Kier molecular flexibility index (Phi) is 5.63. The number of halogens is 1. The molecule has 0 fully saturated rings. The van der Waals surface area contributed by atoms with E-state index in [1.54, 1.807) is 38.3 Å². The molecule has 5 nitrogen and oxygen atoms in total. The van der Waals surface area contributed by atoms with Crippen LogP contribution in [0.5, 0.6) is 11.5 Å². The smallest absolute Gasteiger partial charge is 0.266 e. The second-order valence-electron chi connectivity index (χ2n) is 5.96. The number of rotatable bonds is 5. The van der Waals surface area contributed by atoms with Crippen molar-refractivity contribution < 1.29 is 9.47 Å². The fraction of sp³-hybridized carbons (Fsp3) is 0.143. The number of aromatic nitrogens is 1. The van der Waals surface area contributed by atoms with Crippen molar-refractivity contribution >= 4 is 15.9 Å². The van der Waals surface area contributed by atoms with Gasteiger partial charge in [0, 0.05) is 15.7 Å². The van der Waals surface area contributed by atoms with Crippen LogP contribution >= 0.6 is 15.9 Å². The van der Waals surface area contributed by atoms with Gasteiger partial charge in [-0.1, -0.05) is 34.1 Å². The summed E-state index contributed by atoms with van der Waals surface area (Å²) in [6.45, 7) is 2.15. The Morgan fingerprint density at radius 1 is 1.11 bits per heavy atom. The Hall–Kier alpha value is -3.04. The molecule has 1 heterocycles. The van der Waals surface area contributed by atoms with Crippen molar-refractivity contribution in [1.82, 2.24) is 4.98 Å². The largest absolute Gasteiger partial charge is 0.493 e. The van der Waals surface area contributed by atoms with Crippen molar-refractivity contribution in [2.75, 3.05) is 7.11 Å². The number of nitrogens with one attached hydrogen (secondary N) is 1. The van der Waals surface area contributed by atoms with Gasteiger partial charge < -0.3 is 14.5 Å². The van der Waals surface area contributed by atoms with Crippen molar-refractivity contribution in [1.29, 1.82) is 5.26 Å². The molecule has 0 spiro atoms. The molecule has 27 heavy (non-hydrogen) atoms. The maximum absolute atomic E-state index is 12.1. The molecule has 1 N–H and O–H groups in total. The number of hydrogen-bond acceptors (Lipinski definition) is 4. The summed E-state index contributed by atoms with van der Waals surface area (Å²) in [4.78, 5) is 14.7. The van der Waals surface area contributed by atoms with E-state index < -0.39 is 5.56 Å². The zero-order valence-electron chi connectivity index (χ0n) is 14.9. The molecule has 2 aromatic carbocycles. The molecule has 3 rings (SSSR count). The lowest BCUT2D eigenvalue weighted by molar-refractivity contribution is 0.284. The fourth-order valence-electron chi connectivity index (χ4n) is 2.73. The van der Waals surface area contributed by atoms with E-state index in [4.69, 9.17) is 9.47 Å². The number of aryl methyl sites for hydroxylation is 1. The summed E-state index contributed by atoms with van der Waals surface area (Å²) in [5, 5.41) is 9.37. The van der Waals surface area contributed by atoms with Crippen LogP contribution < -0.4 is 15.0 Å². The van der Waals surface area contributed by atoms with Gasteiger partial charge in [-0.3, -0.25) is 4.79 Å². The average Bonchev–Trinajstić information content (AvgIpc) is 2.66. The molecule has 0 aliphatic heterocycles. The Bertz CT molecular complexity index is 1070. The Balaban J connectivity index is 1.98. The molecule has 0 atom stereocenters. The van der Waals surface area contributed by atoms with Crippen LogP contribution in [0.3, 0.4) is 0 Å². The summed E-state index contributed by atoms with van der Waals surface area (Å²) in [6, 6.07) is 16.9. The van der Waals surface area contributed by atoms with Crippen LogP contribution in [0.4, 0.5) is 0 Å². The highest BCUT2D eigenvalue weighted by molar-refractivity contribution is 9.10. The van der Waals surface area contributed by atoms with Gasteiger partial charge in [-0.2, -0.15) is 5.26 Å². The molecular weight excluding hydrogens is 408 g/mol. The second kappa shape index (κ2) is 8.11. The van der Waals surface area contributed by atoms with Crippen LogP contribution in [0.1, 0.15) is 16.8 Å². The van der Waals surface area contributed by atoms with E-state index in [1.165, 1.54) is 0 Å². The number of aromatic amines is 1. The first kappa shape index (κ1) is 18.7. The molecule has 136 valence electrons. The topological polar surface area (TPSA) is 75.1 Å². The first-order chi connectivity index (χ1) is 13.0. The molecule has 0 aliphatic carbocycles. The van der Waals surface area contributed by atoms with Crippen molar-refractivity contribution in [3.63, 3.8) is 0 Å². The van der Waals surface area contributed by atoms with Crippen molar-refractivity contribution in [3.05, 3.63) is 80.2 Å². The third-order valence-corrected chi connectivity index (χ3v) is 4.59. The molecular formula is C21H17BrN2O3. The fourth-order valence-corrected chi connectivity index (χ4v) is 2.99. The molecule has 1 aromatic heterocycles. The summed E-state index contributed by atoms with van der Waals surface area (Å²) >= 11 is 3.41. The van der Waals surface area contributed by atoms with Gasteiger partial charge in [0.1, 0.15) is 18.2 Å². The van der Waals surface area contributed by atoms with Crippen LogP contribution in [0.15, 0.2) is 57.8 Å². The highest BCUT2D eigenvalue weighted by Gasteiger charge is 2.13. The number of hydrogen-bond donors (Lipinski definition) is 1. The molecule has 0 aliphatic rings. The standard InChI is InChI=1S/C21H17BrN2O3/c1-13-9-17(18(11-23)21(25)24-13)15-5-8-19(26-2)20(10-15)27-12-14-3-6-16(22)7-4-14/h3-10H,12H2,1-2H3,(H,24,25). The van der Waals surface area contributed by atoms with E-state index >= 15 is 0 Å². The lowest BCUT2D eigenvalue weighted by atomic mass is 10.0. The minimum atomic E-state index is -0.402. The maximum atomic E-state index is 12.1. The highest BCUT2D eigenvalue weighted by atomic mass is 79.9. The van der Waals surface area contributed by atoms with Gasteiger partial charge in [0.25, 0.3) is 5.56 Å². The van der Waals surface area contributed by atoms with Gasteiger partial charge in [0.15, 0.2) is 11.5 Å². The number of H-pyrrole nitrogens is 1. The Labute approximate surface area is 165 Å². The molecule has 0 radical (unpaired) electrons. The number of ether oxygens (including phenoxy) is 2. The Morgan fingerprint density at radius 3 is 2.52 bits per heavy atom. The number of nitrogens with zero attached hydrogens (tertiary/aromatic N) is 1. The number of benzene rings is 2. The van der Waals surface area contributed by atoms with E-state index in [0.717, 1.165) is 10.0 Å². The Morgan fingerprint density at radius 2 is 1.85 bits per heavy atom. The number of methoxy groups -OCH3 is 1. The SMILES string of the molecule is COc1ccc(-c2cc(C)[nH]c(=O)c2C#N)cc1OCc1ccc(Br)cc1. The molecule has 3 aromatic rings. The number of nitriles is 1. The highest BCUT2D eigenvalue weighted by Crippen LogP contribution is 2.34. The van der Waals surface area contributed by atoms with Crippen LogP contribution in [0.2, 0.25) is 0 Å². The van der Waals surface area contributed by atoms with Crippen molar-refractivity contribution in [2.45, 2.75) is 13.5 Å². The van der Waals surface area contributed by atoms with Gasteiger partial charge >= 0.3 is 0 Å². The van der Waals surface area contributed by atoms with Gasteiger partial charge in [0.2, 0.25) is 0 Å². The quantitative estimate of drug-likeness (QED) is 0.650. The van der Waals surface area contributed by atoms with Gasteiger partial charge in [0.05, 0.1) is 7.11 Å². The predicted molar refractivity (Wildman–Crippen MR) is 107 cm³/mol. The summed E-state index contributed by atoms with van der Waals surface area (Å²) in [6.07, 6.45) is 0. The molecule has 0 amide bonds. The summed E-state index contributed by atoms with van der Waals surface area (Å²) in [7, 11) is 1.57. The lowest BCUT2D eigenvalue weighted by Crippen LogP contribution is -2.12. The van der Waals surface area contributed by atoms with E-state index in [-0.39, 0.29) is 5.56 Å². The summed E-state index contributed by atoms with van der Waals surface area (Å²) in [5.41, 5.74) is 2.64. The maximum Gasteiger partial charge on any atom is 0.266 e. The third kappa shape index (κ3) is 4.21. The average molecular weight is 425 g/mol. The van der Waals surface area contributed by atoms with Crippen LogP contribution in [0, 0.1) is 18.3 Å². The van der Waals surface area contributed by atoms with Gasteiger partial charge in [-0.15, -0.1) is 0 Å². The summed E-state index contributed by atoms with van der Waals surface area (Å²) < 4.78 is 12.3. The third-order valence-electron chi connectivity index (χ3n) is 4.06. The van der Waals surface area contributed by atoms with Crippen LogP contribution in [0.25, 0.3) is 11.1 Å². The first-order valence-electron chi connectivity index (χ1n) is 8.21. The molecule has 0 saturated heterocycles. The van der Waals surface area contributed by atoms with Crippen LogP contribution in [-0.4, -0.2) is 12.1 Å².